The number of ether oxygens (including phenoxy) is 1. The van der Waals surface area contributed by atoms with Crippen molar-refractivity contribution in [2.45, 2.75) is 12.1 Å². The van der Waals surface area contributed by atoms with Crippen LogP contribution in [-0.4, -0.2) is 38.0 Å². The van der Waals surface area contributed by atoms with Gasteiger partial charge in [-0.2, -0.15) is 5.10 Å². The molecule has 4 aromatic rings. The van der Waals surface area contributed by atoms with Crippen molar-refractivity contribution in [2.24, 2.45) is 0 Å². The predicted molar refractivity (Wildman–Crippen MR) is 121 cm³/mol. The maximum Gasteiger partial charge on any atom is 0.269 e. The SMILES string of the molecule is CCOc1ccc(-n2c(SCC(=O)Nc3ccc(Cl)cc3)nc3[nH]ncc3c2=O)cc1. The summed E-state index contributed by atoms with van der Waals surface area (Å²) in [5.41, 5.74) is 1.34. The normalized spacial score (nSPS) is 10.9. The van der Waals surface area contributed by atoms with E-state index in [0.29, 0.717) is 44.9 Å². The largest absolute Gasteiger partial charge is 0.494 e. The van der Waals surface area contributed by atoms with Crippen LogP contribution in [0.15, 0.2) is 64.7 Å². The standard InChI is InChI=1S/C21H18ClN5O3S/c1-2-30-16-9-7-15(8-10-16)27-20(29)17-11-23-26-19(17)25-21(27)31-12-18(28)24-14-5-3-13(22)4-6-14/h3-11H,2,12H2,1H3,(H,23,26)(H,24,28). The molecule has 158 valence electrons. The monoisotopic (exact) mass is 455 g/mol. The first-order valence-electron chi connectivity index (χ1n) is 9.42. The third-order valence-electron chi connectivity index (χ3n) is 4.32. The van der Waals surface area contributed by atoms with E-state index >= 15 is 0 Å². The molecule has 0 unspecified atom stereocenters. The van der Waals surface area contributed by atoms with Gasteiger partial charge in [-0.25, -0.2) is 4.98 Å². The van der Waals surface area contributed by atoms with Crippen molar-refractivity contribution in [3.05, 3.63) is 70.1 Å². The lowest BCUT2D eigenvalue weighted by molar-refractivity contribution is -0.113. The molecule has 1 amide bonds. The lowest BCUT2D eigenvalue weighted by Crippen LogP contribution is -2.22. The number of fused-ring (bicyclic) bond motifs is 1. The predicted octanol–water partition coefficient (Wildman–Crippen LogP) is 3.89. The number of carbonyl (C=O) groups is 1. The lowest BCUT2D eigenvalue weighted by Gasteiger charge is -2.12. The molecule has 10 heteroatoms. The molecule has 0 radical (unpaired) electrons. The van der Waals surface area contributed by atoms with Crippen LogP contribution >= 0.6 is 23.4 Å². The van der Waals surface area contributed by atoms with Crippen LogP contribution in [0.25, 0.3) is 16.7 Å². The molecule has 2 heterocycles. The maximum atomic E-state index is 13.1. The van der Waals surface area contributed by atoms with Gasteiger partial charge < -0.3 is 10.1 Å². The fourth-order valence-electron chi connectivity index (χ4n) is 2.92. The first-order valence-corrected chi connectivity index (χ1v) is 10.8. The van der Waals surface area contributed by atoms with E-state index in [9.17, 15) is 9.59 Å². The van der Waals surface area contributed by atoms with Crippen molar-refractivity contribution in [3.63, 3.8) is 0 Å². The molecule has 0 fully saturated rings. The average Bonchev–Trinajstić information content (AvgIpc) is 3.24. The molecule has 2 N–H and O–H groups in total. The van der Waals surface area contributed by atoms with E-state index in [4.69, 9.17) is 16.3 Å². The number of amides is 1. The maximum absolute atomic E-state index is 13.1. The molecule has 0 atom stereocenters. The van der Waals surface area contributed by atoms with Crippen molar-refractivity contribution in [1.82, 2.24) is 19.7 Å². The minimum Gasteiger partial charge on any atom is -0.494 e. The highest BCUT2D eigenvalue weighted by molar-refractivity contribution is 7.99. The van der Waals surface area contributed by atoms with Crippen molar-refractivity contribution < 1.29 is 9.53 Å². The number of thioether (sulfide) groups is 1. The Balaban J connectivity index is 1.61. The van der Waals surface area contributed by atoms with Crippen molar-refractivity contribution >= 4 is 46.0 Å². The second-order valence-corrected chi connectivity index (χ2v) is 7.82. The summed E-state index contributed by atoms with van der Waals surface area (Å²) >= 11 is 7.03. The number of hydrogen-bond donors (Lipinski definition) is 2. The molecule has 31 heavy (non-hydrogen) atoms. The van der Waals surface area contributed by atoms with Gasteiger partial charge in [0.1, 0.15) is 11.1 Å². The van der Waals surface area contributed by atoms with Gasteiger partial charge in [0.15, 0.2) is 10.8 Å². The first kappa shape index (κ1) is 21.0. The highest BCUT2D eigenvalue weighted by Crippen LogP contribution is 2.23. The zero-order valence-electron chi connectivity index (χ0n) is 16.5. The van der Waals surface area contributed by atoms with Gasteiger partial charge in [0.25, 0.3) is 5.56 Å². The summed E-state index contributed by atoms with van der Waals surface area (Å²) in [7, 11) is 0. The number of aromatic amines is 1. The summed E-state index contributed by atoms with van der Waals surface area (Å²) in [4.78, 5) is 30.0. The zero-order chi connectivity index (χ0) is 21.8. The topological polar surface area (TPSA) is 102 Å². The summed E-state index contributed by atoms with van der Waals surface area (Å²) < 4.78 is 6.94. The number of nitrogens with zero attached hydrogens (tertiary/aromatic N) is 3. The van der Waals surface area contributed by atoms with Crippen LogP contribution in [-0.2, 0) is 4.79 Å². The molecule has 0 aliphatic rings. The number of H-pyrrole nitrogens is 1. The van der Waals surface area contributed by atoms with Crippen LogP contribution in [0, 0.1) is 0 Å². The Morgan fingerprint density at radius 1 is 1.19 bits per heavy atom. The molecule has 0 saturated heterocycles. The van der Waals surface area contributed by atoms with Crippen LogP contribution in [0.2, 0.25) is 5.02 Å². The van der Waals surface area contributed by atoms with E-state index in [-0.39, 0.29) is 17.2 Å². The summed E-state index contributed by atoms with van der Waals surface area (Å²) in [6, 6.07) is 13.9. The number of anilines is 1. The van der Waals surface area contributed by atoms with E-state index in [2.05, 4.69) is 20.5 Å². The number of nitrogens with one attached hydrogen (secondary N) is 2. The van der Waals surface area contributed by atoms with Crippen molar-refractivity contribution in [2.75, 3.05) is 17.7 Å². The number of halogens is 1. The van der Waals surface area contributed by atoms with Crippen molar-refractivity contribution in [1.29, 1.82) is 0 Å². The van der Waals surface area contributed by atoms with Gasteiger partial charge in [0, 0.05) is 10.7 Å². The van der Waals surface area contributed by atoms with Crippen LogP contribution in [0.1, 0.15) is 6.92 Å². The summed E-state index contributed by atoms with van der Waals surface area (Å²) in [5.74, 6) is 0.531. The van der Waals surface area contributed by atoms with Crippen molar-refractivity contribution in [3.8, 4) is 11.4 Å². The van der Waals surface area contributed by atoms with Crippen LogP contribution in [0.3, 0.4) is 0 Å². The molecule has 0 spiro atoms. The average molecular weight is 456 g/mol. The molecule has 8 nitrogen and oxygen atoms in total. The second kappa shape index (κ2) is 9.23. The summed E-state index contributed by atoms with van der Waals surface area (Å²) in [5, 5.41) is 10.8. The highest BCUT2D eigenvalue weighted by Gasteiger charge is 2.16. The first-order chi connectivity index (χ1) is 15.0. The number of hydrogen-bond acceptors (Lipinski definition) is 6. The smallest absolute Gasteiger partial charge is 0.269 e. The van der Waals surface area contributed by atoms with Crippen LogP contribution in [0.4, 0.5) is 5.69 Å². The third kappa shape index (κ3) is 4.73. The van der Waals surface area contributed by atoms with Gasteiger partial charge in [0.05, 0.1) is 24.2 Å². The third-order valence-corrected chi connectivity index (χ3v) is 5.51. The fourth-order valence-corrected chi connectivity index (χ4v) is 3.85. The van der Waals surface area contributed by atoms with Gasteiger partial charge in [-0.3, -0.25) is 19.3 Å². The Labute approximate surface area is 186 Å². The second-order valence-electron chi connectivity index (χ2n) is 6.44. The van der Waals surface area contributed by atoms with E-state index in [1.807, 2.05) is 6.92 Å². The zero-order valence-corrected chi connectivity index (χ0v) is 18.0. The quantitative estimate of drug-likeness (QED) is 0.324. The van der Waals surface area contributed by atoms with Gasteiger partial charge in [-0.15, -0.1) is 0 Å². The summed E-state index contributed by atoms with van der Waals surface area (Å²) in [6.07, 6.45) is 1.44. The Morgan fingerprint density at radius 2 is 1.94 bits per heavy atom. The molecular weight excluding hydrogens is 438 g/mol. The molecule has 0 aliphatic heterocycles. The highest BCUT2D eigenvalue weighted by atomic mass is 35.5. The molecule has 0 saturated carbocycles. The Bertz CT molecular complexity index is 1270. The number of benzene rings is 2. The number of carbonyl (C=O) groups excluding carboxylic acids is 1. The summed E-state index contributed by atoms with van der Waals surface area (Å²) in [6.45, 7) is 2.45. The minimum absolute atomic E-state index is 0.0612. The molecular formula is C21H18ClN5O3S. The van der Waals surface area contributed by atoms with E-state index in [1.54, 1.807) is 48.5 Å². The number of aromatic nitrogens is 4. The Morgan fingerprint density at radius 3 is 2.65 bits per heavy atom. The lowest BCUT2D eigenvalue weighted by atomic mass is 10.3. The van der Waals surface area contributed by atoms with Crippen LogP contribution < -0.4 is 15.6 Å². The van der Waals surface area contributed by atoms with E-state index in [1.165, 1.54) is 10.8 Å². The van der Waals surface area contributed by atoms with Gasteiger partial charge in [-0.05, 0) is 55.5 Å². The van der Waals surface area contributed by atoms with Gasteiger partial charge in [0.2, 0.25) is 5.91 Å². The van der Waals surface area contributed by atoms with E-state index in [0.717, 1.165) is 11.8 Å². The fraction of sp³-hybridized carbons (Fsp3) is 0.143. The minimum atomic E-state index is -0.275. The Kier molecular flexibility index (Phi) is 6.24. The molecule has 0 aliphatic carbocycles. The molecule has 0 bridgehead atoms. The molecule has 2 aromatic carbocycles. The Hall–Kier alpha value is -3.30. The van der Waals surface area contributed by atoms with Gasteiger partial charge >= 0.3 is 0 Å². The van der Waals surface area contributed by atoms with Gasteiger partial charge in [-0.1, -0.05) is 23.4 Å². The van der Waals surface area contributed by atoms with E-state index < -0.39 is 0 Å². The number of rotatable bonds is 7. The molecule has 4 rings (SSSR count). The van der Waals surface area contributed by atoms with Crippen LogP contribution in [0.5, 0.6) is 5.75 Å². The molecule has 2 aromatic heterocycles.